The zero-order valence-corrected chi connectivity index (χ0v) is 8.45. The summed E-state index contributed by atoms with van der Waals surface area (Å²) in [5.41, 5.74) is 6.62. The van der Waals surface area contributed by atoms with Crippen LogP contribution in [0.1, 0.15) is 19.4 Å². The summed E-state index contributed by atoms with van der Waals surface area (Å²) in [4.78, 5) is 0. The molecular weight excluding hydrogens is 166 g/mol. The molecule has 0 aliphatic rings. The topological polar surface area (TPSA) is 53.1 Å². The number of hydrogen-bond acceptors (Lipinski definition) is 3. The first-order valence-electron chi connectivity index (χ1n) is 4.42. The second-order valence-corrected chi connectivity index (χ2v) is 3.46. The molecule has 0 saturated carbocycles. The van der Waals surface area contributed by atoms with Gasteiger partial charge in [0, 0.05) is 25.4 Å². The van der Waals surface area contributed by atoms with Crippen molar-refractivity contribution in [2.45, 2.75) is 19.4 Å². The Labute approximate surface area is 78.7 Å². The summed E-state index contributed by atoms with van der Waals surface area (Å²) in [6.07, 6.45) is 3.69. The number of nitrogens with zero attached hydrogens (tertiary/aromatic N) is 2. The zero-order chi connectivity index (χ0) is 9.90. The molecular formula is C9H17N3O. The molecule has 4 heteroatoms. The maximum Gasteiger partial charge on any atom is 0.0686 e. The van der Waals surface area contributed by atoms with Gasteiger partial charge in [-0.3, -0.25) is 4.68 Å². The van der Waals surface area contributed by atoms with Gasteiger partial charge < -0.3 is 10.5 Å². The van der Waals surface area contributed by atoms with Crippen LogP contribution in [0.3, 0.4) is 0 Å². The van der Waals surface area contributed by atoms with E-state index in [9.17, 15) is 0 Å². The average molecular weight is 183 g/mol. The second-order valence-electron chi connectivity index (χ2n) is 3.46. The summed E-state index contributed by atoms with van der Waals surface area (Å²) < 4.78 is 7.04. The summed E-state index contributed by atoms with van der Waals surface area (Å²) in [7, 11) is 1.88. The van der Waals surface area contributed by atoms with Gasteiger partial charge in [-0.1, -0.05) is 0 Å². The lowest BCUT2D eigenvalue weighted by Gasteiger charge is -2.22. The molecule has 13 heavy (non-hydrogen) atoms. The highest BCUT2D eigenvalue weighted by molar-refractivity contribution is 5.15. The van der Waals surface area contributed by atoms with Gasteiger partial charge in [-0.2, -0.15) is 5.10 Å². The third-order valence-corrected chi connectivity index (χ3v) is 1.97. The molecule has 0 radical (unpaired) electrons. The quantitative estimate of drug-likeness (QED) is 0.745. The zero-order valence-electron chi connectivity index (χ0n) is 8.45. The van der Waals surface area contributed by atoms with Crippen LogP contribution in [-0.2, 0) is 17.3 Å². The number of aryl methyl sites for hydroxylation is 1. The molecule has 0 bridgehead atoms. The standard InChI is InChI=1S/C9H17N3O/c1-4-13-7-9(2,10)8-5-11-12(3)6-8/h5-6H,4,7,10H2,1-3H3. The minimum absolute atomic E-state index is 0.440. The minimum Gasteiger partial charge on any atom is -0.379 e. The third kappa shape index (κ3) is 2.54. The van der Waals surface area contributed by atoms with Gasteiger partial charge in [0.15, 0.2) is 0 Å². The van der Waals surface area contributed by atoms with Gasteiger partial charge in [0.1, 0.15) is 0 Å². The first-order chi connectivity index (χ1) is 6.06. The van der Waals surface area contributed by atoms with Crippen molar-refractivity contribution in [3.63, 3.8) is 0 Å². The number of rotatable bonds is 4. The van der Waals surface area contributed by atoms with Crippen LogP contribution in [0.2, 0.25) is 0 Å². The van der Waals surface area contributed by atoms with E-state index in [4.69, 9.17) is 10.5 Å². The van der Waals surface area contributed by atoms with Crippen LogP contribution in [0.15, 0.2) is 12.4 Å². The van der Waals surface area contributed by atoms with Crippen molar-refractivity contribution >= 4 is 0 Å². The SMILES string of the molecule is CCOCC(C)(N)c1cnn(C)c1. The van der Waals surface area contributed by atoms with Crippen LogP contribution in [0.4, 0.5) is 0 Å². The Bertz CT molecular complexity index is 268. The first-order valence-corrected chi connectivity index (χ1v) is 4.42. The van der Waals surface area contributed by atoms with Crippen molar-refractivity contribution < 1.29 is 4.74 Å². The Balaban J connectivity index is 2.68. The summed E-state index contributed by atoms with van der Waals surface area (Å²) >= 11 is 0. The van der Waals surface area contributed by atoms with Crippen molar-refractivity contribution in [2.75, 3.05) is 13.2 Å². The number of nitrogens with two attached hydrogens (primary N) is 1. The second kappa shape index (κ2) is 3.89. The van der Waals surface area contributed by atoms with Gasteiger partial charge in [-0.15, -0.1) is 0 Å². The lowest BCUT2D eigenvalue weighted by molar-refractivity contribution is 0.101. The number of aromatic nitrogens is 2. The minimum atomic E-state index is -0.440. The molecule has 0 spiro atoms. The molecule has 74 valence electrons. The van der Waals surface area contributed by atoms with E-state index in [1.807, 2.05) is 27.1 Å². The highest BCUT2D eigenvalue weighted by Gasteiger charge is 2.22. The van der Waals surface area contributed by atoms with Crippen LogP contribution >= 0.6 is 0 Å². The molecule has 1 atom stereocenters. The van der Waals surface area contributed by atoms with E-state index < -0.39 is 5.54 Å². The molecule has 0 fully saturated rings. The molecule has 0 aliphatic heterocycles. The molecule has 0 saturated heterocycles. The Morgan fingerprint density at radius 2 is 2.38 bits per heavy atom. The molecule has 0 aliphatic carbocycles. The van der Waals surface area contributed by atoms with Crippen LogP contribution in [0.25, 0.3) is 0 Å². The normalized spacial score (nSPS) is 15.7. The summed E-state index contributed by atoms with van der Waals surface area (Å²) in [5, 5.41) is 4.07. The van der Waals surface area contributed by atoms with Crippen molar-refractivity contribution in [1.29, 1.82) is 0 Å². The molecule has 4 nitrogen and oxygen atoms in total. The van der Waals surface area contributed by atoms with Crippen LogP contribution < -0.4 is 5.73 Å². The molecule has 0 amide bonds. The van der Waals surface area contributed by atoms with Gasteiger partial charge in [0.05, 0.1) is 18.3 Å². The molecule has 1 aromatic heterocycles. The molecule has 1 heterocycles. The van der Waals surface area contributed by atoms with Crippen molar-refractivity contribution in [2.24, 2.45) is 12.8 Å². The summed E-state index contributed by atoms with van der Waals surface area (Å²) in [6.45, 7) is 5.11. The maximum absolute atomic E-state index is 6.06. The van der Waals surface area contributed by atoms with Gasteiger partial charge >= 0.3 is 0 Å². The van der Waals surface area contributed by atoms with E-state index >= 15 is 0 Å². The monoisotopic (exact) mass is 183 g/mol. The first kappa shape index (κ1) is 10.2. The average Bonchev–Trinajstić information content (AvgIpc) is 2.49. The van der Waals surface area contributed by atoms with E-state index in [1.54, 1.807) is 10.9 Å². The Kier molecular flexibility index (Phi) is 3.06. The highest BCUT2D eigenvalue weighted by Crippen LogP contribution is 2.16. The maximum atomic E-state index is 6.06. The number of hydrogen-bond donors (Lipinski definition) is 1. The molecule has 1 rings (SSSR count). The third-order valence-electron chi connectivity index (χ3n) is 1.97. The van der Waals surface area contributed by atoms with E-state index in [0.29, 0.717) is 13.2 Å². The smallest absolute Gasteiger partial charge is 0.0686 e. The van der Waals surface area contributed by atoms with E-state index in [-0.39, 0.29) is 0 Å². The van der Waals surface area contributed by atoms with Gasteiger partial charge in [0.2, 0.25) is 0 Å². The molecule has 1 unspecified atom stereocenters. The number of ether oxygens (including phenoxy) is 1. The van der Waals surface area contributed by atoms with Gasteiger partial charge in [-0.05, 0) is 13.8 Å². The molecule has 1 aromatic rings. The van der Waals surface area contributed by atoms with Crippen LogP contribution in [-0.4, -0.2) is 23.0 Å². The van der Waals surface area contributed by atoms with E-state index in [0.717, 1.165) is 5.56 Å². The fourth-order valence-electron chi connectivity index (χ4n) is 1.11. The highest BCUT2D eigenvalue weighted by atomic mass is 16.5. The van der Waals surface area contributed by atoms with Crippen molar-refractivity contribution in [3.05, 3.63) is 18.0 Å². The van der Waals surface area contributed by atoms with Crippen LogP contribution in [0, 0.1) is 0 Å². The van der Waals surface area contributed by atoms with Gasteiger partial charge in [0.25, 0.3) is 0 Å². The summed E-state index contributed by atoms with van der Waals surface area (Å²) in [5.74, 6) is 0. The fraction of sp³-hybridized carbons (Fsp3) is 0.667. The fourth-order valence-corrected chi connectivity index (χ4v) is 1.11. The van der Waals surface area contributed by atoms with E-state index in [1.165, 1.54) is 0 Å². The molecule has 2 N–H and O–H groups in total. The van der Waals surface area contributed by atoms with Crippen LogP contribution in [0.5, 0.6) is 0 Å². The summed E-state index contributed by atoms with van der Waals surface area (Å²) in [6, 6.07) is 0. The van der Waals surface area contributed by atoms with Gasteiger partial charge in [-0.25, -0.2) is 0 Å². The Morgan fingerprint density at radius 3 is 2.85 bits per heavy atom. The van der Waals surface area contributed by atoms with Crippen molar-refractivity contribution in [1.82, 2.24) is 9.78 Å². The Hall–Kier alpha value is -0.870. The largest absolute Gasteiger partial charge is 0.379 e. The van der Waals surface area contributed by atoms with E-state index in [2.05, 4.69) is 5.10 Å². The molecule has 0 aromatic carbocycles. The van der Waals surface area contributed by atoms with Crippen molar-refractivity contribution in [3.8, 4) is 0 Å². The predicted octanol–water partition coefficient (Wildman–Crippen LogP) is 0.630. The predicted molar refractivity (Wildman–Crippen MR) is 51.2 cm³/mol. The lowest BCUT2D eigenvalue weighted by Crippen LogP contribution is -2.37. The lowest BCUT2D eigenvalue weighted by atomic mass is 9.98. The Morgan fingerprint density at radius 1 is 1.69 bits per heavy atom.